The molecule has 3 heterocycles. The Morgan fingerprint density at radius 3 is 2.42 bits per heavy atom. The zero-order chi connectivity index (χ0) is 18.3. The van der Waals surface area contributed by atoms with E-state index >= 15 is 0 Å². The number of aromatic nitrogens is 4. The van der Waals surface area contributed by atoms with Crippen molar-refractivity contribution < 1.29 is 0 Å². The third-order valence-electron chi connectivity index (χ3n) is 5.04. The molecule has 0 unspecified atom stereocenters. The summed E-state index contributed by atoms with van der Waals surface area (Å²) in [6.07, 6.45) is 3.91. The molecule has 1 saturated heterocycles. The summed E-state index contributed by atoms with van der Waals surface area (Å²) in [6, 6.07) is 7.63. The summed E-state index contributed by atoms with van der Waals surface area (Å²) < 4.78 is 1.88. The maximum absolute atomic E-state index is 6.42. The minimum absolute atomic E-state index is 0.499. The lowest BCUT2D eigenvalue weighted by Gasteiger charge is -2.33. The summed E-state index contributed by atoms with van der Waals surface area (Å²) in [5, 5.41) is 5.85. The van der Waals surface area contributed by atoms with Gasteiger partial charge in [0.05, 0.1) is 27.8 Å². The standard InChI is InChI=1S/C19H21Cl2N5/c1-12-10-17(26(24-12)19-15(20)4-3-5-16(19)21)25-8-6-14(7-9-25)18-13(2)22-11-23-18/h3-5,10-11,14H,6-9H2,1-2H3,(H,22,23). The topological polar surface area (TPSA) is 49.7 Å². The van der Waals surface area contributed by atoms with Crippen LogP contribution in [0.2, 0.25) is 10.0 Å². The van der Waals surface area contributed by atoms with E-state index in [-0.39, 0.29) is 0 Å². The zero-order valence-corrected chi connectivity index (χ0v) is 16.3. The van der Waals surface area contributed by atoms with Gasteiger partial charge < -0.3 is 9.88 Å². The first-order valence-corrected chi connectivity index (χ1v) is 9.56. The highest BCUT2D eigenvalue weighted by Crippen LogP contribution is 2.35. The lowest BCUT2D eigenvalue weighted by Crippen LogP contribution is -2.34. The summed E-state index contributed by atoms with van der Waals surface area (Å²) in [5.41, 5.74) is 4.06. The Morgan fingerprint density at radius 2 is 1.81 bits per heavy atom. The SMILES string of the molecule is Cc1cc(N2CCC(c3nc[nH]c3C)CC2)n(-c2c(Cl)cccc2Cl)n1. The average molecular weight is 390 g/mol. The molecule has 5 nitrogen and oxygen atoms in total. The van der Waals surface area contributed by atoms with E-state index in [2.05, 4.69) is 33.0 Å². The van der Waals surface area contributed by atoms with Crippen molar-refractivity contribution in [3.8, 4) is 5.69 Å². The monoisotopic (exact) mass is 389 g/mol. The Kier molecular flexibility index (Phi) is 4.67. The summed E-state index contributed by atoms with van der Waals surface area (Å²) >= 11 is 12.8. The zero-order valence-electron chi connectivity index (χ0n) is 14.8. The van der Waals surface area contributed by atoms with Crippen molar-refractivity contribution in [3.05, 3.63) is 57.7 Å². The van der Waals surface area contributed by atoms with E-state index in [0.717, 1.165) is 43.1 Å². The normalized spacial score (nSPS) is 15.6. The molecule has 0 aliphatic carbocycles. The van der Waals surface area contributed by atoms with Crippen LogP contribution in [0, 0.1) is 13.8 Å². The number of hydrogen-bond donors (Lipinski definition) is 1. The number of piperidine rings is 1. The van der Waals surface area contributed by atoms with Crippen LogP contribution in [0.3, 0.4) is 0 Å². The second-order valence-electron chi connectivity index (χ2n) is 6.80. The van der Waals surface area contributed by atoms with Gasteiger partial charge >= 0.3 is 0 Å². The number of nitrogens with zero attached hydrogens (tertiary/aromatic N) is 4. The van der Waals surface area contributed by atoms with Gasteiger partial charge in [0.1, 0.15) is 11.5 Å². The van der Waals surface area contributed by atoms with E-state index in [1.54, 1.807) is 6.33 Å². The van der Waals surface area contributed by atoms with Gasteiger partial charge in [-0.2, -0.15) is 5.10 Å². The smallest absolute Gasteiger partial charge is 0.132 e. The van der Waals surface area contributed by atoms with Crippen molar-refractivity contribution in [2.75, 3.05) is 18.0 Å². The molecule has 26 heavy (non-hydrogen) atoms. The molecule has 0 atom stereocenters. The van der Waals surface area contributed by atoms with Crippen molar-refractivity contribution in [3.63, 3.8) is 0 Å². The number of para-hydroxylation sites is 1. The lowest BCUT2D eigenvalue weighted by molar-refractivity contribution is 0.490. The van der Waals surface area contributed by atoms with Gasteiger partial charge in [-0.05, 0) is 38.8 Å². The van der Waals surface area contributed by atoms with E-state index in [9.17, 15) is 0 Å². The number of nitrogens with one attached hydrogen (secondary N) is 1. The van der Waals surface area contributed by atoms with Crippen LogP contribution in [-0.4, -0.2) is 32.8 Å². The fourth-order valence-electron chi connectivity index (χ4n) is 3.73. The Bertz CT molecular complexity index is 902. The molecule has 1 aliphatic rings. The third-order valence-corrected chi connectivity index (χ3v) is 5.65. The predicted molar refractivity (Wildman–Crippen MR) is 106 cm³/mol. The van der Waals surface area contributed by atoms with Crippen LogP contribution in [0.25, 0.3) is 5.69 Å². The number of H-pyrrole nitrogens is 1. The van der Waals surface area contributed by atoms with Crippen LogP contribution in [-0.2, 0) is 0 Å². The quantitative estimate of drug-likeness (QED) is 0.692. The summed E-state index contributed by atoms with van der Waals surface area (Å²) in [5.74, 6) is 1.54. The molecule has 3 aromatic rings. The molecule has 0 saturated carbocycles. The fraction of sp³-hybridized carbons (Fsp3) is 0.368. The molecule has 7 heteroatoms. The predicted octanol–water partition coefficient (Wildman–Crippen LogP) is 4.90. The molecular formula is C19H21Cl2N5. The van der Waals surface area contributed by atoms with Crippen LogP contribution in [0.15, 0.2) is 30.6 Å². The second kappa shape index (κ2) is 6.97. The number of halogens is 2. The number of hydrogen-bond acceptors (Lipinski definition) is 3. The van der Waals surface area contributed by atoms with E-state index in [4.69, 9.17) is 23.2 Å². The average Bonchev–Trinajstić information content (AvgIpc) is 3.21. The van der Waals surface area contributed by atoms with Crippen LogP contribution in [0.1, 0.15) is 35.8 Å². The highest BCUT2D eigenvalue weighted by molar-refractivity contribution is 6.37. The van der Waals surface area contributed by atoms with Crippen LogP contribution < -0.4 is 4.90 Å². The molecule has 0 spiro atoms. The molecule has 1 aromatic carbocycles. The number of anilines is 1. The largest absolute Gasteiger partial charge is 0.356 e. The minimum Gasteiger partial charge on any atom is -0.356 e. The maximum atomic E-state index is 6.42. The van der Waals surface area contributed by atoms with Gasteiger partial charge in [-0.25, -0.2) is 9.67 Å². The maximum Gasteiger partial charge on any atom is 0.132 e. The van der Waals surface area contributed by atoms with Crippen molar-refractivity contribution in [1.82, 2.24) is 19.7 Å². The van der Waals surface area contributed by atoms with Crippen LogP contribution in [0.5, 0.6) is 0 Å². The van der Waals surface area contributed by atoms with Crippen LogP contribution >= 0.6 is 23.2 Å². The fourth-order valence-corrected chi connectivity index (χ4v) is 4.29. The van der Waals surface area contributed by atoms with Crippen LogP contribution in [0.4, 0.5) is 5.82 Å². The first-order valence-electron chi connectivity index (χ1n) is 8.80. The van der Waals surface area contributed by atoms with Crippen molar-refractivity contribution in [2.24, 2.45) is 0 Å². The van der Waals surface area contributed by atoms with E-state index < -0.39 is 0 Å². The van der Waals surface area contributed by atoms with Gasteiger partial charge in [0.25, 0.3) is 0 Å². The molecule has 136 valence electrons. The molecule has 1 N–H and O–H groups in total. The third kappa shape index (κ3) is 3.10. The number of benzene rings is 1. The van der Waals surface area contributed by atoms with Gasteiger partial charge in [-0.15, -0.1) is 0 Å². The van der Waals surface area contributed by atoms with Crippen molar-refractivity contribution >= 4 is 29.0 Å². The number of rotatable bonds is 3. The molecule has 4 rings (SSSR count). The van der Waals surface area contributed by atoms with Gasteiger partial charge in [-0.1, -0.05) is 29.3 Å². The van der Waals surface area contributed by atoms with Gasteiger partial charge in [0.2, 0.25) is 0 Å². The highest BCUT2D eigenvalue weighted by atomic mass is 35.5. The highest BCUT2D eigenvalue weighted by Gasteiger charge is 2.26. The molecule has 1 aliphatic heterocycles. The van der Waals surface area contributed by atoms with E-state index in [1.807, 2.05) is 29.8 Å². The second-order valence-corrected chi connectivity index (χ2v) is 7.61. The van der Waals surface area contributed by atoms with Gasteiger partial charge in [0, 0.05) is 30.8 Å². The summed E-state index contributed by atoms with van der Waals surface area (Å²) in [4.78, 5) is 10.0. The Labute approximate surface area is 162 Å². The molecular weight excluding hydrogens is 369 g/mol. The van der Waals surface area contributed by atoms with Crippen molar-refractivity contribution in [2.45, 2.75) is 32.6 Å². The molecule has 0 radical (unpaired) electrons. The first kappa shape index (κ1) is 17.4. The molecule has 2 aromatic heterocycles. The lowest BCUT2D eigenvalue weighted by atomic mass is 9.92. The minimum atomic E-state index is 0.499. The first-order chi connectivity index (χ1) is 12.5. The molecule has 1 fully saturated rings. The van der Waals surface area contributed by atoms with E-state index in [1.165, 1.54) is 11.4 Å². The summed E-state index contributed by atoms with van der Waals surface area (Å²) in [7, 11) is 0. The van der Waals surface area contributed by atoms with E-state index in [0.29, 0.717) is 16.0 Å². The van der Waals surface area contributed by atoms with Gasteiger partial charge in [0.15, 0.2) is 0 Å². The number of imidazole rings is 1. The summed E-state index contributed by atoms with van der Waals surface area (Å²) in [6.45, 7) is 5.98. The van der Waals surface area contributed by atoms with Gasteiger partial charge in [-0.3, -0.25) is 0 Å². The number of aromatic amines is 1. The molecule has 0 amide bonds. The Hall–Kier alpha value is -1.98. The Balaban J connectivity index is 1.61. The molecule has 0 bridgehead atoms. The number of aryl methyl sites for hydroxylation is 2. The Morgan fingerprint density at radius 1 is 1.12 bits per heavy atom. The van der Waals surface area contributed by atoms with Crippen molar-refractivity contribution in [1.29, 1.82) is 0 Å².